The molecular weight excluding hydrogens is 196 g/mol. The van der Waals surface area contributed by atoms with Crippen molar-refractivity contribution in [3.63, 3.8) is 0 Å². The lowest BCUT2D eigenvalue weighted by atomic mass is 9.83. The van der Waals surface area contributed by atoms with Gasteiger partial charge in [0.2, 0.25) is 0 Å². The fourth-order valence-corrected chi connectivity index (χ4v) is 3.28. The van der Waals surface area contributed by atoms with Crippen LogP contribution in [0.15, 0.2) is 11.6 Å². The van der Waals surface area contributed by atoms with Crippen LogP contribution in [0.3, 0.4) is 0 Å². The highest BCUT2D eigenvalue weighted by atomic mass is 15.2. The Kier molecular flexibility index (Phi) is 4.04. The van der Waals surface area contributed by atoms with Gasteiger partial charge in [-0.05, 0) is 58.2 Å². The van der Waals surface area contributed by atoms with Gasteiger partial charge in [-0.3, -0.25) is 0 Å². The summed E-state index contributed by atoms with van der Waals surface area (Å²) in [5.74, 6) is 1.65. The van der Waals surface area contributed by atoms with Gasteiger partial charge in [-0.15, -0.1) is 0 Å². The van der Waals surface area contributed by atoms with E-state index in [-0.39, 0.29) is 0 Å². The summed E-state index contributed by atoms with van der Waals surface area (Å²) in [6, 6.07) is 0.742. The fourth-order valence-electron chi connectivity index (χ4n) is 3.28. The van der Waals surface area contributed by atoms with E-state index < -0.39 is 0 Å². The molecule has 0 aromatic rings. The lowest BCUT2D eigenvalue weighted by Gasteiger charge is -2.27. The zero-order valence-corrected chi connectivity index (χ0v) is 11.0. The summed E-state index contributed by atoms with van der Waals surface area (Å²) in [5.41, 5.74) is 1.59. The molecule has 1 saturated heterocycles. The first kappa shape index (κ1) is 12.1. The van der Waals surface area contributed by atoms with Crippen LogP contribution in [-0.2, 0) is 0 Å². The fraction of sp³-hybridized carbons (Fsp3) is 0.857. The highest BCUT2D eigenvalue weighted by Crippen LogP contribution is 2.27. The molecule has 2 rings (SSSR count). The number of hydrogen-bond acceptors (Lipinski definition) is 2. The second kappa shape index (κ2) is 5.33. The first-order valence-corrected chi connectivity index (χ1v) is 6.72. The van der Waals surface area contributed by atoms with E-state index in [0.29, 0.717) is 0 Å². The molecule has 3 atom stereocenters. The van der Waals surface area contributed by atoms with E-state index in [1.54, 1.807) is 5.57 Å². The van der Waals surface area contributed by atoms with E-state index in [2.05, 4.69) is 37.2 Å². The van der Waals surface area contributed by atoms with E-state index in [1.165, 1.54) is 38.9 Å². The van der Waals surface area contributed by atoms with Gasteiger partial charge >= 0.3 is 0 Å². The lowest BCUT2D eigenvalue weighted by molar-refractivity contribution is 0.350. The number of allylic oxidation sites excluding steroid dienone is 2. The second-order valence-electron chi connectivity index (χ2n) is 5.95. The molecule has 2 aliphatic rings. The van der Waals surface area contributed by atoms with Crippen molar-refractivity contribution in [3.8, 4) is 0 Å². The minimum atomic E-state index is 0.742. The van der Waals surface area contributed by atoms with Gasteiger partial charge in [-0.2, -0.15) is 0 Å². The Morgan fingerprint density at radius 3 is 2.94 bits per heavy atom. The van der Waals surface area contributed by atoms with Crippen molar-refractivity contribution in [1.82, 2.24) is 10.2 Å². The second-order valence-corrected chi connectivity index (χ2v) is 5.95. The van der Waals surface area contributed by atoms with Gasteiger partial charge in [0.25, 0.3) is 0 Å². The third-order valence-electron chi connectivity index (χ3n) is 3.97. The van der Waals surface area contributed by atoms with E-state index in [1.807, 2.05) is 0 Å². The summed E-state index contributed by atoms with van der Waals surface area (Å²) in [5, 5.41) is 3.75. The number of nitrogens with one attached hydrogen (secondary N) is 1. The molecule has 1 heterocycles. The van der Waals surface area contributed by atoms with Crippen LogP contribution < -0.4 is 5.32 Å². The Morgan fingerprint density at radius 2 is 2.31 bits per heavy atom. The third kappa shape index (κ3) is 3.33. The molecule has 92 valence electrons. The molecule has 16 heavy (non-hydrogen) atoms. The summed E-state index contributed by atoms with van der Waals surface area (Å²) in [6.07, 6.45) is 6.44. The van der Waals surface area contributed by atoms with Gasteiger partial charge in [0, 0.05) is 12.6 Å². The molecule has 0 radical (unpaired) electrons. The molecule has 1 aliphatic carbocycles. The molecular formula is C14H26N2. The van der Waals surface area contributed by atoms with Gasteiger partial charge in [0.1, 0.15) is 0 Å². The molecule has 2 nitrogen and oxygen atoms in total. The molecule has 0 saturated carbocycles. The zero-order chi connectivity index (χ0) is 11.5. The number of likely N-dealkylation sites (N-methyl/N-ethyl adjacent to an activating group) is 1. The monoisotopic (exact) mass is 222 g/mol. The quantitative estimate of drug-likeness (QED) is 0.737. The SMILES string of the molecule is CC1=CC(C)CC(CNC2CCN(C)C2)C1. The number of rotatable bonds is 3. The molecule has 0 spiro atoms. The molecule has 2 heteroatoms. The number of nitrogens with zero attached hydrogens (tertiary/aromatic N) is 1. The Bertz CT molecular complexity index is 259. The maximum Gasteiger partial charge on any atom is 0.0207 e. The Morgan fingerprint density at radius 1 is 1.50 bits per heavy atom. The molecule has 0 aromatic carbocycles. The van der Waals surface area contributed by atoms with Crippen molar-refractivity contribution in [2.24, 2.45) is 11.8 Å². The Balaban J connectivity index is 1.72. The van der Waals surface area contributed by atoms with E-state index in [4.69, 9.17) is 0 Å². The maximum absolute atomic E-state index is 3.75. The summed E-state index contributed by atoms with van der Waals surface area (Å²) in [6.45, 7) is 8.34. The van der Waals surface area contributed by atoms with Crippen LogP contribution in [0.1, 0.15) is 33.1 Å². The normalized spacial score (nSPS) is 36.4. The lowest BCUT2D eigenvalue weighted by Crippen LogP contribution is -2.36. The standard InChI is InChI=1S/C14H26N2/c1-11-6-12(2)8-13(7-11)9-15-14-4-5-16(3)10-14/h6,11,13-15H,4-5,7-10H2,1-3H3. The van der Waals surface area contributed by atoms with Crippen LogP contribution in [0.4, 0.5) is 0 Å². The van der Waals surface area contributed by atoms with Crippen LogP contribution in [0.2, 0.25) is 0 Å². The van der Waals surface area contributed by atoms with Gasteiger partial charge < -0.3 is 10.2 Å². The highest BCUT2D eigenvalue weighted by molar-refractivity contribution is 5.06. The summed E-state index contributed by atoms with van der Waals surface area (Å²) in [7, 11) is 2.22. The van der Waals surface area contributed by atoms with E-state index in [9.17, 15) is 0 Å². The van der Waals surface area contributed by atoms with Crippen molar-refractivity contribution < 1.29 is 0 Å². The summed E-state index contributed by atoms with van der Waals surface area (Å²) >= 11 is 0. The van der Waals surface area contributed by atoms with E-state index >= 15 is 0 Å². The average molecular weight is 222 g/mol. The van der Waals surface area contributed by atoms with Crippen LogP contribution in [-0.4, -0.2) is 37.6 Å². The largest absolute Gasteiger partial charge is 0.312 e. The van der Waals surface area contributed by atoms with Gasteiger partial charge in [0.15, 0.2) is 0 Å². The predicted octanol–water partition coefficient (Wildman–Crippen LogP) is 2.27. The van der Waals surface area contributed by atoms with Crippen LogP contribution in [0.25, 0.3) is 0 Å². The van der Waals surface area contributed by atoms with Crippen LogP contribution in [0.5, 0.6) is 0 Å². The van der Waals surface area contributed by atoms with Gasteiger partial charge in [-0.1, -0.05) is 18.6 Å². The molecule has 1 aliphatic heterocycles. The first-order valence-electron chi connectivity index (χ1n) is 6.72. The smallest absolute Gasteiger partial charge is 0.0207 e. The van der Waals surface area contributed by atoms with Crippen molar-refractivity contribution in [2.45, 2.75) is 39.2 Å². The summed E-state index contributed by atoms with van der Waals surface area (Å²) < 4.78 is 0. The minimum Gasteiger partial charge on any atom is -0.312 e. The average Bonchev–Trinajstić information content (AvgIpc) is 2.60. The molecule has 3 unspecified atom stereocenters. The van der Waals surface area contributed by atoms with Crippen molar-refractivity contribution in [3.05, 3.63) is 11.6 Å². The van der Waals surface area contributed by atoms with Crippen LogP contribution >= 0.6 is 0 Å². The molecule has 0 bridgehead atoms. The van der Waals surface area contributed by atoms with Crippen molar-refractivity contribution >= 4 is 0 Å². The highest BCUT2D eigenvalue weighted by Gasteiger charge is 2.22. The number of hydrogen-bond donors (Lipinski definition) is 1. The van der Waals surface area contributed by atoms with Crippen molar-refractivity contribution in [2.75, 3.05) is 26.7 Å². The van der Waals surface area contributed by atoms with Gasteiger partial charge in [-0.25, -0.2) is 0 Å². The minimum absolute atomic E-state index is 0.742. The molecule has 0 amide bonds. The van der Waals surface area contributed by atoms with Crippen LogP contribution in [0, 0.1) is 11.8 Å². The predicted molar refractivity (Wildman–Crippen MR) is 69.5 cm³/mol. The van der Waals surface area contributed by atoms with E-state index in [0.717, 1.165) is 17.9 Å². The Labute approximate surface area is 100 Å². The maximum atomic E-state index is 3.75. The third-order valence-corrected chi connectivity index (χ3v) is 3.97. The van der Waals surface area contributed by atoms with Gasteiger partial charge in [0.05, 0.1) is 0 Å². The zero-order valence-electron chi connectivity index (χ0n) is 11.0. The number of likely N-dealkylation sites (tertiary alicyclic amines) is 1. The molecule has 1 N–H and O–H groups in total. The topological polar surface area (TPSA) is 15.3 Å². The van der Waals surface area contributed by atoms with Crippen molar-refractivity contribution in [1.29, 1.82) is 0 Å². The Hall–Kier alpha value is -0.340. The molecule has 1 fully saturated rings. The first-order chi connectivity index (χ1) is 7.63. The summed E-state index contributed by atoms with van der Waals surface area (Å²) in [4.78, 5) is 2.42. The molecule has 0 aromatic heterocycles.